The minimum absolute atomic E-state index is 0.00181. The molecule has 0 bridgehead atoms. The molecule has 0 aromatic heterocycles. The minimum atomic E-state index is -0.950. The van der Waals surface area contributed by atoms with Gasteiger partial charge in [-0.3, -0.25) is 19.8 Å². The first-order valence-corrected chi connectivity index (χ1v) is 8.61. The zero-order chi connectivity index (χ0) is 18.8. The molecule has 0 unspecified atom stereocenters. The third-order valence-electron chi connectivity index (χ3n) is 4.97. The van der Waals surface area contributed by atoms with Crippen LogP contribution < -0.4 is 10.1 Å². The Morgan fingerprint density at radius 1 is 1.46 bits per heavy atom. The van der Waals surface area contributed by atoms with Crippen LogP contribution in [0.2, 0.25) is 0 Å². The van der Waals surface area contributed by atoms with Crippen molar-refractivity contribution in [1.29, 1.82) is 0 Å². The van der Waals surface area contributed by atoms with Crippen LogP contribution in [0.3, 0.4) is 0 Å². The fraction of sp³-hybridized carbons (Fsp3) is 0.588. The van der Waals surface area contributed by atoms with Crippen molar-refractivity contribution >= 4 is 17.3 Å². The van der Waals surface area contributed by atoms with E-state index < -0.39 is 22.4 Å². The number of aliphatic carboxylic acids is 1. The number of nitrogens with one attached hydrogen (secondary N) is 1. The summed E-state index contributed by atoms with van der Waals surface area (Å²) in [5, 5.41) is 23.3. The maximum absolute atomic E-state index is 14.0. The number of anilines is 1. The van der Waals surface area contributed by atoms with Crippen LogP contribution in [0.25, 0.3) is 0 Å². The Balaban J connectivity index is 1.65. The van der Waals surface area contributed by atoms with Crippen molar-refractivity contribution in [2.75, 3.05) is 25.5 Å². The summed E-state index contributed by atoms with van der Waals surface area (Å²) in [6.07, 6.45) is 3.60. The van der Waals surface area contributed by atoms with E-state index in [1.54, 1.807) is 0 Å². The molecule has 0 spiro atoms. The van der Waals surface area contributed by atoms with E-state index >= 15 is 0 Å². The second-order valence-corrected chi connectivity index (χ2v) is 7.00. The number of benzene rings is 1. The number of rotatable bonds is 9. The summed E-state index contributed by atoms with van der Waals surface area (Å²) in [6, 6.07) is 2.45. The summed E-state index contributed by atoms with van der Waals surface area (Å²) in [4.78, 5) is 23.4. The van der Waals surface area contributed by atoms with Gasteiger partial charge in [-0.25, -0.2) is 0 Å². The van der Waals surface area contributed by atoms with Gasteiger partial charge >= 0.3 is 11.7 Å². The highest BCUT2D eigenvalue weighted by Crippen LogP contribution is 2.38. The minimum Gasteiger partial charge on any atom is -0.497 e. The lowest BCUT2D eigenvalue weighted by molar-refractivity contribution is -0.386. The van der Waals surface area contributed by atoms with Gasteiger partial charge in [0.05, 0.1) is 18.6 Å². The first kappa shape index (κ1) is 18.4. The maximum atomic E-state index is 14.0. The average Bonchev–Trinajstić information content (AvgIpc) is 3.32. The Morgan fingerprint density at radius 3 is 2.69 bits per heavy atom. The molecule has 2 N–H and O–H groups in total. The van der Waals surface area contributed by atoms with Crippen LogP contribution in [0.15, 0.2) is 12.1 Å². The SMILES string of the molecule is COc1cc(F)c([N+](=O)[O-])c(NC2CC(N(CC(=O)O)CC3CC3)C2)c1. The summed E-state index contributed by atoms with van der Waals surface area (Å²) in [7, 11) is 1.37. The molecule has 2 aliphatic carbocycles. The van der Waals surface area contributed by atoms with E-state index in [1.165, 1.54) is 13.2 Å². The lowest BCUT2D eigenvalue weighted by Crippen LogP contribution is -2.52. The Bertz CT molecular complexity index is 704. The lowest BCUT2D eigenvalue weighted by atomic mass is 9.85. The van der Waals surface area contributed by atoms with Crippen molar-refractivity contribution in [3.63, 3.8) is 0 Å². The van der Waals surface area contributed by atoms with Crippen molar-refractivity contribution in [2.45, 2.75) is 37.8 Å². The smallest absolute Gasteiger partial charge is 0.327 e. The Morgan fingerprint density at radius 2 is 2.15 bits per heavy atom. The molecule has 0 saturated heterocycles. The number of hydrogen-bond acceptors (Lipinski definition) is 6. The van der Waals surface area contributed by atoms with Crippen molar-refractivity contribution in [1.82, 2.24) is 4.90 Å². The number of nitrogens with zero attached hydrogens (tertiary/aromatic N) is 2. The number of hydrogen-bond donors (Lipinski definition) is 2. The summed E-state index contributed by atoms with van der Waals surface area (Å²) in [5.74, 6) is -1.02. The molecule has 1 aromatic rings. The van der Waals surface area contributed by atoms with E-state index in [-0.39, 0.29) is 30.1 Å². The third-order valence-corrected chi connectivity index (χ3v) is 4.97. The molecule has 2 fully saturated rings. The van der Waals surface area contributed by atoms with E-state index in [2.05, 4.69) is 5.32 Å². The molecular weight excluding hydrogens is 345 g/mol. The molecule has 0 radical (unpaired) electrons. The van der Waals surface area contributed by atoms with Crippen LogP contribution in [0.1, 0.15) is 25.7 Å². The van der Waals surface area contributed by atoms with Gasteiger partial charge in [-0.2, -0.15) is 4.39 Å². The number of methoxy groups -OCH3 is 1. The second kappa shape index (κ2) is 7.45. The molecule has 0 heterocycles. The second-order valence-electron chi connectivity index (χ2n) is 7.00. The standard InChI is InChI=1S/C17H22FN3O5/c1-26-13-6-14(18)17(21(24)25)15(7-13)19-11-4-12(5-11)20(9-16(22)23)8-10-2-3-10/h6-7,10-12,19H,2-5,8-9H2,1H3,(H,22,23). The van der Waals surface area contributed by atoms with Crippen molar-refractivity contribution in [3.05, 3.63) is 28.1 Å². The third kappa shape index (κ3) is 4.21. The predicted molar refractivity (Wildman–Crippen MR) is 92.0 cm³/mol. The van der Waals surface area contributed by atoms with Crippen molar-refractivity contribution < 1.29 is 24.0 Å². The summed E-state index contributed by atoms with van der Waals surface area (Å²) in [6.45, 7) is 0.777. The van der Waals surface area contributed by atoms with Gasteiger partial charge in [0, 0.05) is 30.8 Å². The number of nitro groups is 1. The molecule has 9 heteroatoms. The highest BCUT2D eigenvalue weighted by molar-refractivity contribution is 5.69. The molecule has 0 aliphatic heterocycles. The van der Waals surface area contributed by atoms with Gasteiger partial charge in [0.1, 0.15) is 11.4 Å². The normalized spacial score (nSPS) is 22.0. The fourth-order valence-electron chi connectivity index (χ4n) is 3.36. The molecule has 8 nitrogen and oxygen atoms in total. The van der Waals surface area contributed by atoms with Crippen LogP contribution in [-0.4, -0.2) is 53.2 Å². The summed E-state index contributed by atoms with van der Waals surface area (Å²) >= 11 is 0. The molecular formula is C17H22FN3O5. The number of nitro benzene ring substituents is 1. The van der Waals surface area contributed by atoms with Crippen LogP contribution in [0.5, 0.6) is 5.75 Å². The first-order valence-electron chi connectivity index (χ1n) is 8.61. The van der Waals surface area contributed by atoms with Gasteiger partial charge in [-0.15, -0.1) is 0 Å². The molecule has 3 rings (SSSR count). The number of ether oxygens (including phenoxy) is 1. The molecule has 0 amide bonds. The van der Waals surface area contributed by atoms with E-state index in [0.717, 1.165) is 25.5 Å². The Hall–Kier alpha value is -2.42. The van der Waals surface area contributed by atoms with E-state index in [9.17, 15) is 19.3 Å². The number of halogens is 1. The fourth-order valence-corrected chi connectivity index (χ4v) is 3.36. The number of carbonyl (C=O) groups is 1. The lowest BCUT2D eigenvalue weighted by Gasteiger charge is -2.43. The van der Waals surface area contributed by atoms with Crippen LogP contribution in [0.4, 0.5) is 15.8 Å². The van der Waals surface area contributed by atoms with Gasteiger partial charge in [0.25, 0.3) is 0 Å². The van der Waals surface area contributed by atoms with E-state index in [1.807, 2.05) is 4.90 Å². The Labute approximate surface area is 150 Å². The number of carboxylic acids is 1. The summed E-state index contributed by atoms with van der Waals surface area (Å²) in [5.41, 5.74) is -0.517. The van der Waals surface area contributed by atoms with Crippen molar-refractivity contribution in [2.24, 2.45) is 5.92 Å². The summed E-state index contributed by atoms with van der Waals surface area (Å²) < 4.78 is 19.0. The molecule has 1 aromatic carbocycles. The van der Waals surface area contributed by atoms with Gasteiger partial charge in [0.15, 0.2) is 0 Å². The molecule has 2 aliphatic rings. The van der Waals surface area contributed by atoms with E-state index in [0.29, 0.717) is 18.8 Å². The molecule has 2 saturated carbocycles. The van der Waals surface area contributed by atoms with Gasteiger partial charge < -0.3 is 15.2 Å². The maximum Gasteiger partial charge on any atom is 0.327 e. The Kier molecular flexibility index (Phi) is 5.26. The zero-order valence-corrected chi connectivity index (χ0v) is 14.5. The van der Waals surface area contributed by atoms with Crippen LogP contribution >= 0.6 is 0 Å². The number of carboxylic acid groups (broad SMARTS) is 1. The predicted octanol–water partition coefficient (Wildman–Crippen LogP) is 2.48. The van der Waals surface area contributed by atoms with Gasteiger partial charge in [-0.05, 0) is 31.6 Å². The monoisotopic (exact) mass is 367 g/mol. The molecule has 142 valence electrons. The first-order chi connectivity index (χ1) is 12.4. The van der Waals surface area contributed by atoms with Crippen LogP contribution in [-0.2, 0) is 4.79 Å². The highest BCUT2D eigenvalue weighted by Gasteiger charge is 2.38. The average molecular weight is 367 g/mol. The largest absolute Gasteiger partial charge is 0.497 e. The topological polar surface area (TPSA) is 105 Å². The zero-order valence-electron chi connectivity index (χ0n) is 14.5. The quantitative estimate of drug-likeness (QED) is 0.510. The van der Waals surface area contributed by atoms with Crippen molar-refractivity contribution in [3.8, 4) is 5.75 Å². The highest BCUT2D eigenvalue weighted by atomic mass is 19.1. The molecule has 0 atom stereocenters. The van der Waals surface area contributed by atoms with Gasteiger partial charge in [-0.1, -0.05) is 0 Å². The van der Waals surface area contributed by atoms with E-state index in [4.69, 9.17) is 9.84 Å². The molecule has 26 heavy (non-hydrogen) atoms. The van der Waals surface area contributed by atoms with Crippen LogP contribution in [0, 0.1) is 21.8 Å². The van der Waals surface area contributed by atoms with Gasteiger partial charge in [0.2, 0.25) is 5.82 Å².